The molecule has 1 unspecified atom stereocenters. The lowest BCUT2D eigenvalue weighted by atomic mass is 9.75. The second-order valence-electron chi connectivity index (χ2n) is 9.40. The average molecular weight is 364 g/mol. The summed E-state index contributed by atoms with van der Waals surface area (Å²) in [6.45, 7) is 12.3. The first-order chi connectivity index (χ1) is 12.4. The Kier molecular flexibility index (Phi) is 4.46. The van der Waals surface area contributed by atoms with Crippen molar-refractivity contribution in [3.63, 3.8) is 0 Å². The molecule has 1 aliphatic carbocycles. The smallest absolute Gasteiger partial charge is 0.174 e. The molecule has 142 valence electrons. The Hall–Kier alpha value is -2.55. The summed E-state index contributed by atoms with van der Waals surface area (Å²) in [6.07, 6.45) is 1.62. The zero-order valence-corrected chi connectivity index (χ0v) is 16.9. The fourth-order valence-electron chi connectivity index (χ4n) is 3.64. The Morgan fingerprint density at radius 1 is 0.815 bits per heavy atom. The van der Waals surface area contributed by atoms with Gasteiger partial charge >= 0.3 is 0 Å². The first kappa shape index (κ1) is 19.2. The molecule has 0 aliphatic heterocycles. The van der Waals surface area contributed by atoms with Crippen molar-refractivity contribution in [3.8, 4) is 5.75 Å². The molecule has 0 bridgehead atoms. The van der Waals surface area contributed by atoms with E-state index in [1.807, 2.05) is 65.8 Å². The number of rotatable bonds is 1. The molecule has 3 nitrogen and oxygen atoms in total. The number of allylic oxidation sites excluding steroid dienone is 1. The first-order valence-electron chi connectivity index (χ1n) is 9.33. The monoisotopic (exact) mass is 364 g/mol. The van der Waals surface area contributed by atoms with E-state index in [1.165, 1.54) is 0 Å². The van der Waals surface area contributed by atoms with Gasteiger partial charge in [-0.1, -0.05) is 77.9 Å². The van der Waals surface area contributed by atoms with Crippen molar-refractivity contribution in [1.29, 1.82) is 0 Å². The van der Waals surface area contributed by atoms with Crippen LogP contribution in [-0.4, -0.2) is 16.0 Å². The van der Waals surface area contributed by atoms with Gasteiger partial charge in [-0.15, -0.1) is 0 Å². The summed E-state index contributed by atoms with van der Waals surface area (Å²) in [7, 11) is 0. The van der Waals surface area contributed by atoms with E-state index in [-0.39, 0.29) is 28.1 Å². The van der Waals surface area contributed by atoms with Crippen molar-refractivity contribution in [2.24, 2.45) is 0 Å². The van der Waals surface area contributed by atoms with Gasteiger partial charge < -0.3 is 10.2 Å². The third-order valence-electron chi connectivity index (χ3n) is 5.18. The molecule has 2 aromatic rings. The number of phenolic OH excluding ortho intramolecular Hbond substituents is 1. The van der Waals surface area contributed by atoms with Gasteiger partial charge in [0.15, 0.2) is 5.78 Å². The van der Waals surface area contributed by atoms with Crippen LogP contribution in [0.3, 0.4) is 0 Å². The predicted octanol–water partition coefficient (Wildman–Crippen LogP) is 5.87. The van der Waals surface area contributed by atoms with E-state index in [0.717, 1.165) is 16.7 Å². The fourth-order valence-corrected chi connectivity index (χ4v) is 3.64. The predicted molar refractivity (Wildman–Crippen MR) is 110 cm³/mol. The maximum Gasteiger partial charge on any atom is 0.174 e. The van der Waals surface area contributed by atoms with Gasteiger partial charge in [-0.05, 0) is 33.6 Å². The van der Waals surface area contributed by atoms with Crippen LogP contribution in [0, 0.1) is 0 Å². The first-order valence-corrected chi connectivity index (χ1v) is 9.33. The number of phenols is 1. The molecule has 0 spiro atoms. The largest absolute Gasteiger partial charge is 0.508 e. The zero-order valence-electron chi connectivity index (χ0n) is 16.9. The average Bonchev–Trinajstić information content (AvgIpc) is 2.56. The highest BCUT2D eigenvalue weighted by Crippen LogP contribution is 2.43. The van der Waals surface area contributed by atoms with E-state index in [0.29, 0.717) is 11.1 Å². The number of aliphatic hydroxyl groups excluding tert-OH is 1. The molecule has 27 heavy (non-hydrogen) atoms. The Morgan fingerprint density at radius 2 is 1.30 bits per heavy atom. The minimum Gasteiger partial charge on any atom is -0.508 e. The van der Waals surface area contributed by atoms with Crippen LogP contribution in [0.5, 0.6) is 5.75 Å². The van der Waals surface area contributed by atoms with Gasteiger partial charge in [-0.25, -0.2) is 0 Å². The van der Waals surface area contributed by atoms with Crippen molar-refractivity contribution in [1.82, 2.24) is 0 Å². The van der Waals surface area contributed by atoms with Crippen molar-refractivity contribution in [3.05, 3.63) is 70.3 Å². The Morgan fingerprint density at radius 3 is 1.78 bits per heavy atom. The number of carbonyl (C=O) groups excluding carboxylic acids is 1. The highest BCUT2D eigenvalue weighted by molar-refractivity contribution is 6.08. The third-order valence-corrected chi connectivity index (χ3v) is 5.18. The van der Waals surface area contributed by atoms with Crippen molar-refractivity contribution in [2.75, 3.05) is 0 Å². The summed E-state index contributed by atoms with van der Waals surface area (Å²) in [5.41, 5.74) is 2.97. The minimum atomic E-state index is -0.567. The number of Topliss-reactive ketones (excluding diaryl/α,β-unsaturated/α-hetero) is 1. The molecule has 0 radical (unpaired) electrons. The summed E-state index contributed by atoms with van der Waals surface area (Å²) >= 11 is 0. The number of benzene rings is 2. The van der Waals surface area contributed by atoms with Gasteiger partial charge in [0.05, 0.1) is 5.92 Å². The molecule has 1 atom stereocenters. The normalized spacial score (nSPS) is 17.5. The number of fused-ring (bicyclic) bond motifs is 1. The molecule has 0 fully saturated rings. The lowest BCUT2D eigenvalue weighted by Gasteiger charge is -2.30. The number of aromatic hydroxyl groups is 1. The lowest BCUT2D eigenvalue weighted by molar-refractivity contribution is 0.0972. The van der Waals surface area contributed by atoms with Crippen LogP contribution in [0.25, 0.3) is 5.76 Å². The van der Waals surface area contributed by atoms with Crippen molar-refractivity contribution >= 4 is 11.5 Å². The number of aliphatic hydroxyl groups is 1. The van der Waals surface area contributed by atoms with E-state index in [2.05, 4.69) is 0 Å². The van der Waals surface area contributed by atoms with E-state index >= 15 is 0 Å². The third kappa shape index (κ3) is 3.39. The highest BCUT2D eigenvalue weighted by Gasteiger charge is 2.32. The number of ketones is 1. The molecule has 3 heteroatoms. The van der Waals surface area contributed by atoms with Crippen LogP contribution in [0.1, 0.15) is 80.1 Å². The van der Waals surface area contributed by atoms with Crippen LogP contribution in [0.2, 0.25) is 0 Å². The molecule has 0 saturated heterocycles. The Balaban J connectivity index is 2.24. The van der Waals surface area contributed by atoms with Gasteiger partial charge in [-0.2, -0.15) is 0 Å². The molecular weight excluding hydrogens is 336 g/mol. The molecule has 1 aliphatic rings. The molecule has 0 saturated carbocycles. The number of hydrogen-bond donors (Lipinski definition) is 2. The molecule has 0 heterocycles. The minimum absolute atomic E-state index is 0.0335. The molecule has 0 amide bonds. The Bertz CT molecular complexity index is 902. The standard InChI is InChI=1S/C24H28O3/c1-23(2,3)18-11-14(12-19(22(18)27)24(4,5)6)17-13-20(25)15-9-7-8-10-16(15)21(17)26/h7-13,17,25,27H,1-6H3. The summed E-state index contributed by atoms with van der Waals surface area (Å²) in [4.78, 5) is 13.2. The van der Waals surface area contributed by atoms with Crippen molar-refractivity contribution < 1.29 is 15.0 Å². The van der Waals surface area contributed by atoms with E-state index in [4.69, 9.17) is 0 Å². The fraction of sp³-hybridized carbons (Fsp3) is 0.375. The molecule has 2 N–H and O–H groups in total. The summed E-state index contributed by atoms with van der Waals surface area (Å²) in [5, 5.41) is 21.4. The summed E-state index contributed by atoms with van der Waals surface area (Å²) < 4.78 is 0. The van der Waals surface area contributed by atoms with E-state index in [1.54, 1.807) is 18.2 Å². The highest BCUT2D eigenvalue weighted by atomic mass is 16.3. The summed E-state index contributed by atoms with van der Waals surface area (Å²) in [5.74, 6) is -0.190. The van der Waals surface area contributed by atoms with Crippen LogP contribution >= 0.6 is 0 Å². The number of carbonyl (C=O) groups is 1. The van der Waals surface area contributed by atoms with Crippen molar-refractivity contribution in [2.45, 2.75) is 58.3 Å². The molecular formula is C24H28O3. The van der Waals surface area contributed by atoms with Crippen LogP contribution in [0.4, 0.5) is 0 Å². The number of hydrogen-bond acceptors (Lipinski definition) is 3. The van der Waals surface area contributed by atoms with Gasteiger partial charge in [0.25, 0.3) is 0 Å². The van der Waals surface area contributed by atoms with Gasteiger partial charge in [0.1, 0.15) is 11.5 Å². The molecule has 3 rings (SSSR count). The second-order valence-corrected chi connectivity index (χ2v) is 9.40. The van der Waals surface area contributed by atoms with Crippen LogP contribution < -0.4 is 0 Å². The Labute approximate surface area is 161 Å². The molecule has 2 aromatic carbocycles. The van der Waals surface area contributed by atoms with Gasteiger partial charge in [0, 0.05) is 11.1 Å². The van der Waals surface area contributed by atoms with Gasteiger partial charge in [-0.3, -0.25) is 4.79 Å². The maximum atomic E-state index is 13.2. The maximum absolute atomic E-state index is 13.2. The van der Waals surface area contributed by atoms with E-state index < -0.39 is 5.92 Å². The quantitative estimate of drug-likeness (QED) is 0.666. The molecule has 0 aromatic heterocycles. The zero-order chi connectivity index (χ0) is 20.1. The second kappa shape index (κ2) is 6.26. The SMILES string of the molecule is CC(C)(C)c1cc(C2C=C(O)c3ccccc3C2=O)cc(C(C)(C)C)c1O. The topological polar surface area (TPSA) is 57.5 Å². The van der Waals surface area contributed by atoms with Crippen LogP contribution in [-0.2, 0) is 10.8 Å². The summed E-state index contributed by atoms with van der Waals surface area (Å²) in [6, 6.07) is 10.9. The lowest BCUT2D eigenvalue weighted by Crippen LogP contribution is -2.22. The van der Waals surface area contributed by atoms with Crippen LogP contribution in [0.15, 0.2) is 42.5 Å². The van der Waals surface area contributed by atoms with Gasteiger partial charge in [0.2, 0.25) is 0 Å². The van der Waals surface area contributed by atoms with E-state index in [9.17, 15) is 15.0 Å².